The maximum Gasteiger partial charge on any atom is 0.305 e. The first-order valence-electron chi connectivity index (χ1n) is 9.57. The topological polar surface area (TPSA) is 141 Å². The molecular weight excluding hydrogens is 356 g/mol. The zero-order valence-corrected chi connectivity index (χ0v) is 16.6. The van der Waals surface area contributed by atoms with Gasteiger partial charge in [-0.2, -0.15) is 0 Å². The summed E-state index contributed by atoms with van der Waals surface area (Å²) in [6.45, 7) is 3.76. The summed E-state index contributed by atoms with van der Waals surface area (Å²) in [4.78, 5) is 31.2. The van der Waals surface area contributed by atoms with Gasteiger partial charge in [0, 0.05) is 19.3 Å². The van der Waals surface area contributed by atoms with Gasteiger partial charge in [-0.25, -0.2) is 0 Å². The van der Waals surface area contributed by atoms with E-state index in [0.29, 0.717) is 25.7 Å². The second kappa shape index (κ2) is 17.7. The van der Waals surface area contributed by atoms with E-state index in [1.165, 1.54) is 0 Å². The lowest BCUT2D eigenvalue weighted by atomic mass is 9.88. The number of carboxylic acid groups (broad SMARTS) is 2. The summed E-state index contributed by atoms with van der Waals surface area (Å²) in [5.41, 5.74) is -0.681. The molecule has 0 unspecified atom stereocenters. The standard InChI is InChI=1S/C13H26O4.C6H10O4/c1-3-5-6-7-8-12(16)17-11-13(4-2,9-14)10-15;7-5(8)3-1-2-4-6(9)10/h14-15H,3-11H2,1-2H3;1-4H2,(H,7,8)(H,9,10). The van der Waals surface area contributed by atoms with Gasteiger partial charge in [-0.1, -0.05) is 33.1 Å². The lowest BCUT2D eigenvalue weighted by molar-refractivity contribution is -0.150. The minimum Gasteiger partial charge on any atom is -0.481 e. The van der Waals surface area contributed by atoms with Gasteiger partial charge in [-0.3, -0.25) is 14.4 Å². The number of unbranched alkanes of at least 4 members (excludes halogenated alkanes) is 4. The summed E-state index contributed by atoms with van der Waals surface area (Å²) >= 11 is 0. The van der Waals surface area contributed by atoms with Crippen molar-refractivity contribution >= 4 is 17.9 Å². The summed E-state index contributed by atoms with van der Waals surface area (Å²) in [7, 11) is 0. The molecule has 0 radical (unpaired) electrons. The van der Waals surface area contributed by atoms with Gasteiger partial charge in [-0.15, -0.1) is 0 Å². The number of esters is 1. The predicted molar refractivity (Wildman–Crippen MR) is 100 cm³/mol. The average Bonchev–Trinajstić information content (AvgIpc) is 2.64. The van der Waals surface area contributed by atoms with E-state index >= 15 is 0 Å². The molecule has 0 rings (SSSR count). The Kier molecular flexibility index (Phi) is 18.1. The zero-order valence-electron chi connectivity index (χ0n) is 16.6. The molecule has 0 aromatic carbocycles. The first-order chi connectivity index (χ1) is 12.8. The van der Waals surface area contributed by atoms with Crippen LogP contribution in [-0.4, -0.2) is 58.2 Å². The Bertz CT molecular complexity index is 380. The first-order valence-corrected chi connectivity index (χ1v) is 9.57. The molecule has 0 saturated carbocycles. The van der Waals surface area contributed by atoms with E-state index in [4.69, 9.17) is 14.9 Å². The summed E-state index contributed by atoms with van der Waals surface area (Å²) in [6, 6.07) is 0. The minimum absolute atomic E-state index is 0.0628. The summed E-state index contributed by atoms with van der Waals surface area (Å²) in [5, 5.41) is 34.6. The fourth-order valence-corrected chi connectivity index (χ4v) is 2.02. The summed E-state index contributed by atoms with van der Waals surface area (Å²) in [5.74, 6) is -1.98. The van der Waals surface area contributed by atoms with Gasteiger partial charge < -0.3 is 25.2 Å². The third-order valence-corrected chi connectivity index (χ3v) is 4.23. The van der Waals surface area contributed by atoms with E-state index in [9.17, 15) is 24.6 Å². The zero-order chi connectivity index (χ0) is 21.1. The number of rotatable bonds is 15. The van der Waals surface area contributed by atoms with Crippen LogP contribution in [0.15, 0.2) is 0 Å². The highest BCUT2D eigenvalue weighted by molar-refractivity contribution is 5.69. The lowest BCUT2D eigenvalue weighted by Crippen LogP contribution is -2.35. The van der Waals surface area contributed by atoms with Gasteiger partial charge in [-0.05, 0) is 25.7 Å². The highest BCUT2D eigenvalue weighted by Gasteiger charge is 2.28. The molecule has 160 valence electrons. The van der Waals surface area contributed by atoms with Gasteiger partial charge in [0.2, 0.25) is 0 Å². The molecule has 0 aliphatic rings. The Morgan fingerprint density at radius 2 is 1.26 bits per heavy atom. The number of aliphatic hydroxyl groups excluding tert-OH is 2. The molecule has 0 spiro atoms. The Morgan fingerprint density at radius 1 is 0.778 bits per heavy atom. The number of carbonyl (C=O) groups is 3. The molecule has 0 bridgehead atoms. The van der Waals surface area contributed by atoms with E-state index < -0.39 is 17.4 Å². The molecule has 0 atom stereocenters. The first kappa shape index (κ1) is 27.5. The fourth-order valence-electron chi connectivity index (χ4n) is 2.02. The second-order valence-corrected chi connectivity index (χ2v) is 6.64. The van der Waals surface area contributed by atoms with Gasteiger partial charge in [0.1, 0.15) is 6.61 Å². The maximum atomic E-state index is 11.4. The van der Waals surface area contributed by atoms with Crippen LogP contribution in [0, 0.1) is 5.41 Å². The van der Waals surface area contributed by atoms with Crippen LogP contribution in [0.2, 0.25) is 0 Å². The Hall–Kier alpha value is -1.67. The second-order valence-electron chi connectivity index (χ2n) is 6.64. The van der Waals surface area contributed by atoms with E-state index in [2.05, 4.69) is 6.92 Å². The number of hydrogen-bond donors (Lipinski definition) is 4. The Morgan fingerprint density at radius 3 is 1.63 bits per heavy atom. The van der Waals surface area contributed by atoms with E-state index in [1.54, 1.807) is 0 Å². The number of carbonyl (C=O) groups excluding carboxylic acids is 1. The van der Waals surface area contributed by atoms with E-state index in [1.807, 2.05) is 6.92 Å². The number of aliphatic hydroxyl groups is 2. The molecule has 0 aliphatic carbocycles. The van der Waals surface area contributed by atoms with Crippen molar-refractivity contribution in [3.8, 4) is 0 Å². The van der Waals surface area contributed by atoms with Crippen LogP contribution in [0.4, 0.5) is 0 Å². The molecule has 0 amide bonds. The highest BCUT2D eigenvalue weighted by Crippen LogP contribution is 2.21. The van der Waals surface area contributed by atoms with Gasteiger partial charge in [0.05, 0.1) is 18.6 Å². The molecule has 0 heterocycles. The van der Waals surface area contributed by atoms with E-state index in [0.717, 1.165) is 25.7 Å². The average molecular weight is 392 g/mol. The van der Waals surface area contributed by atoms with Crippen molar-refractivity contribution in [2.24, 2.45) is 5.41 Å². The van der Waals surface area contributed by atoms with Crippen molar-refractivity contribution in [1.82, 2.24) is 0 Å². The number of aliphatic carboxylic acids is 2. The molecule has 4 N–H and O–H groups in total. The number of carboxylic acids is 2. The number of hydrogen-bond acceptors (Lipinski definition) is 6. The SMILES string of the molecule is CCCCCCC(=O)OCC(CC)(CO)CO.O=C(O)CCCCC(=O)O. The predicted octanol–water partition coefficient (Wildman–Crippen LogP) is 2.60. The van der Waals surface area contributed by atoms with Crippen LogP contribution in [0.3, 0.4) is 0 Å². The maximum absolute atomic E-state index is 11.4. The molecule has 27 heavy (non-hydrogen) atoms. The van der Waals surface area contributed by atoms with Crippen LogP contribution in [-0.2, 0) is 19.1 Å². The Balaban J connectivity index is 0. The smallest absolute Gasteiger partial charge is 0.305 e. The summed E-state index contributed by atoms with van der Waals surface area (Å²) in [6.07, 6.45) is 6.21. The fraction of sp³-hybridized carbons (Fsp3) is 0.842. The van der Waals surface area contributed by atoms with Crippen molar-refractivity contribution in [2.75, 3.05) is 19.8 Å². The molecular formula is C19H36O8. The van der Waals surface area contributed by atoms with Gasteiger partial charge >= 0.3 is 17.9 Å². The molecule has 8 heteroatoms. The van der Waals surface area contributed by atoms with Crippen LogP contribution in [0.5, 0.6) is 0 Å². The van der Waals surface area contributed by atoms with Gasteiger partial charge in [0.25, 0.3) is 0 Å². The normalized spacial score (nSPS) is 10.7. The van der Waals surface area contributed by atoms with Crippen LogP contribution < -0.4 is 0 Å². The van der Waals surface area contributed by atoms with Gasteiger partial charge in [0.15, 0.2) is 0 Å². The van der Waals surface area contributed by atoms with E-state index in [-0.39, 0.29) is 38.6 Å². The molecule has 0 aliphatic heterocycles. The highest BCUT2D eigenvalue weighted by atomic mass is 16.5. The molecule has 8 nitrogen and oxygen atoms in total. The molecule has 0 fully saturated rings. The van der Waals surface area contributed by atoms with Crippen LogP contribution >= 0.6 is 0 Å². The van der Waals surface area contributed by atoms with Crippen molar-refractivity contribution in [2.45, 2.75) is 78.1 Å². The third kappa shape index (κ3) is 17.5. The molecule has 0 aromatic rings. The molecule has 0 saturated heterocycles. The Labute approximate surface area is 161 Å². The quantitative estimate of drug-likeness (QED) is 0.246. The van der Waals surface area contributed by atoms with Crippen LogP contribution in [0.25, 0.3) is 0 Å². The van der Waals surface area contributed by atoms with Crippen molar-refractivity contribution in [3.05, 3.63) is 0 Å². The molecule has 0 aromatic heterocycles. The largest absolute Gasteiger partial charge is 0.481 e. The lowest BCUT2D eigenvalue weighted by Gasteiger charge is -2.27. The van der Waals surface area contributed by atoms with Crippen LogP contribution in [0.1, 0.15) is 78.1 Å². The third-order valence-electron chi connectivity index (χ3n) is 4.23. The number of ether oxygens (including phenoxy) is 1. The monoisotopic (exact) mass is 392 g/mol. The van der Waals surface area contributed by atoms with Crippen molar-refractivity contribution in [3.63, 3.8) is 0 Å². The van der Waals surface area contributed by atoms with Crippen molar-refractivity contribution < 1.29 is 39.5 Å². The minimum atomic E-state index is -0.870. The summed E-state index contributed by atoms with van der Waals surface area (Å²) < 4.78 is 5.10. The van der Waals surface area contributed by atoms with Crippen molar-refractivity contribution in [1.29, 1.82) is 0 Å².